The van der Waals surface area contributed by atoms with Gasteiger partial charge in [-0.25, -0.2) is 4.39 Å². The van der Waals surface area contributed by atoms with E-state index in [1.54, 1.807) is 25.3 Å². The number of likely N-dealkylation sites (tertiary alicyclic amines) is 1. The summed E-state index contributed by atoms with van der Waals surface area (Å²) < 4.78 is 25.0. The molecule has 1 aliphatic rings. The van der Waals surface area contributed by atoms with Gasteiger partial charge in [0.2, 0.25) is 0 Å². The van der Waals surface area contributed by atoms with E-state index in [0.717, 1.165) is 11.1 Å². The molecule has 5 nitrogen and oxygen atoms in total. The van der Waals surface area contributed by atoms with Crippen LogP contribution in [0.4, 0.5) is 4.39 Å². The van der Waals surface area contributed by atoms with Gasteiger partial charge in [0.1, 0.15) is 5.75 Å². The first-order chi connectivity index (χ1) is 13.4. The van der Waals surface area contributed by atoms with Crippen molar-refractivity contribution in [3.05, 3.63) is 58.4 Å². The van der Waals surface area contributed by atoms with E-state index < -0.39 is 11.8 Å². The average Bonchev–Trinajstić information content (AvgIpc) is 2.69. The summed E-state index contributed by atoms with van der Waals surface area (Å²) in [5.74, 6) is -0.764. The van der Waals surface area contributed by atoms with Crippen molar-refractivity contribution in [2.75, 3.05) is 27.3 Å². The molecule has 2 aromatic rings. The molecular formula is C21H23ClFNO4. The standard InChI is InChI=1S/C21H23ClFNO4/c1-27-18-6-4-15(22)12-16(18)20(14-3-5-19(28-2)17(23)11-14)24-9-7-13(8-10-24)21(25)26/h3-6,11-13,20H,7-10H2,1-2H3,(H,25,26). The third-order valence-electron chi connectivity index (χ3n) is 5.22. The van der Waals surface area contributed by atoms with E-state index in [9.17, 15) is 14.3 Å². The summed E-state index contributed by atoms with van der Waals surface area (Å²) in [6, 6.07) is 9.89. The van der Waals surface area contributed by atoms with Crippen LogP contribution in [0.15, 0.2) is 36.4 Å². The van der Waals surface area contributed by atoms with Crippen molar-refractivity contribution in [3.63, 3.8) is 0 Å². The van der Waals surface area contributed by atoms with Crippen LogP contribution in [0.3, 0.4) is 0 Å². The van der Waals surface area contributed by atoms with E-state index in [0.29, 0.717) is 36.7 Å². The molecule has 0 saturated carbocycles. The Morgan fingerprint density at radius 1 is 1.14 bits per heavy atom. The summed E-state index contributed by atoms with van der Waals surface area (Å²) in [6.07, 6.45) is 1.07. The highest BCUT2D eigenvalue weighted by Gasteiger charge is 2.32. The quantitative estimate of drug-likeness (QED) is 0.769. The normalized spacial score (nSPS) is 16.6. The lowest BCUT2D eigenvalue weighted by Crippen LogP contribution is -2.39. The van der Waals surface area contributed by atoms with Crippen molar-refractivity contribution in [1.29, 1.82) is 0 Å². The molecule has 0 amide bonds. The molecule has 2 aromatic carbocycles. The molecule has 1 fully saturated rings. The lowest BCUT2D eigenvalue weighted by molar-refractivity contribution is -0.143. The monoisotopic (exact) mass is 407 g/mol. The van der Waals surface area contributed by atoms with Crippen LogP contribution >= 0.6 is 11.6 Å². The van der Waals surface area contributed by atoms with Gasteiger partial charge in [-0.3, -0.25) is 9.69 Å². The van der Waals surface area contributed by atoms with Crippen LogP contribution in [0.2, 0.25) is 5.02 Å². The number of hydrogen-bond acceptors (Lipinski definition) is 4. The molecule has 150 valence electrons. The molecule has 0 radical (unpaired) electrons. The van der Waals surface area contributed by atoms with Gasteiger partial charge in [-0.2, -0.15) is 0 Å². The van der Waals surface area contributed by atoms with Crippen LogP contribution in [-0.4, -0.2) is 43.3 Å². The number of benzene rings is 2. The number of carbonyl (C=O) groups is 1. The molecule has 0 spiro atoms. The first-order valence-electron chi connectivity index (χ1n) is 9.08. The van der Waals surface area contributed by atoms with E-state index >= 15 is 0 Å². The fourth-order valence-corrected chi connectivity index (χ4v) is 3.94. The molecule has 0 aliphatic carbocycles. The summed E-state index contributed by atoms with van der Waals surface area (Å²) in [5, 5.41) is 9.84. The molecule has 0 aromatic heterocycles. The fraction of sp³-hybridized carbons (Fsp3) is 0.381. The molecule has 1 unspecified atom stereocenters. The zero-order chi connectivity index (χ0) is 20.3. The van der Waals surface area contributed by atoms with Crippen molar-refractivity contribution in [1.82, 2.24) is 4.90 Å². The van der Waals surface area contributed by atoms with Crippen molar-refractivity contribution < 1.29 is 23.8 Å². The van der Waals surface area contributed by atoms with Crippen LogP contribution in [0, 0.1) is 11.7 Å². The third-order valence-corrected chi connectivity index (χ3v) is 5.46. The summed E-state index contributed by atoms with van der Waals surface area (Å²) in [7, 11) is 3.00. The summed E-state index contributed by atoms with van der Waals surface area (Å²) >= 11 is 6.24. The number of nitrogens with zero attached hydrogens (tertiary/aromatic N) is 1. The van der Waals surface area contributed by atoms with Crippen molar-refractivity contribution in [2.45, 2.75) is 18.9 Å². The van der Waals surface area contributed by atoms with E-state index in [2.05, 4.69) is 4.90 Å². The second-order valence-electron chi connectivity index (χ2n) is 6.83. The fourth-order valence-electron chi connectivity index (χ4n) is 3.76. The van der Waals surface area contributed by atoms with Gasteiger partial charge in [-0.15, -0.1) is 0 Å². The van der Waals surface area contributed by atoms with Crippen LogP contribution in [-0.2, 0) is 4.79 Å². The summed E-state index contributed by atoms with van der Waals surface area (Å²) in [5.41, 5.74) is 1.54. The zero-order valence-electron chi connectivity index (χ0n) is 15.8. The van der Waals surface area contributed by atoms with Gasteiger partial charge < -0.3 is 14.6 Å². The number of hydrogen-bond donors (Lipinski definition) is 1. The number of rotatable bonds is 6. The molecule has 1 saturated heterocycles. The molecule has 1 heterocycles. The molecular weight excluding hydrogens is 385 g/mol. The summed E-state index contributed by atoms with van der Waals surface area (Å²) in [6.45, 7) is 1.15. The van der Waals surface area contributed by atoms with E-state index in [1.807, 2.05) is 12.1 Å². The Kier molecular flexibility index (Phi) is 6.42. The highest BCUT2D eigenvalue weighted by molar-refractivity contribution is 6.30. The predicted octanol–water partition coefficient (Wildman–Crippen LogP) is 4.38. The Bertz CT molecular complexity index is 852. The maximum atomic E-state index is 14.4. The summed E-state index contributed by atoms with van der Waals surface area (Å²) in [4.78, 5) is 13.5. The highest BCUT2D eigenvalue weighted by Crippen LogP contribution is 2.39. The topological polar surface area (TPSA) is 59.0 Å². The Morgan fingerprint density at radius 2 is 1.79 bits per heavy atom. The van der Waals surface area contributed by atoms with Gasteiger partial charge in [0.15, 0.2) is 11.6 Å². The maximum Gasteiger partial charge on any atom is 0.306 e. The Balaban J connectivity index is 2.04. The predicted molar refractivity (Wildman–Crippen MR) is 105 cm³/mol. The second kappa shape index (κ2) is 8.80. The molecule has 0 bridgehead atoms. The number of methoxy groups -OCH3 is 2. The van der Waals surface area contributed by atoms with E-state index in [1.165, 1.54) is 13.2 Å². The molecule has 3 rings (SSSR count). The Hall–Kier alpha value is -2.31. The minimum atomic E-state index is -0.771. The van der Waals surface area contributed by atoms with Crippen LogP contribution in [0.25, 0.3) is 0 Å². The number of halogens is 2. The van der Waals surface area contributed by atoms with Crippen molar-refractivity contribution in [2.24, 2.45) is 5.92 Å². The Labute approximate surface area is 168 Å². The zero-order valence-corrected chi connectivity index (χ0v) is 16.6. The number of piperidine rings is 1. The van der Waals surface area contributed by atoms with Crippen molar-refractivity contribution in [3.8, 4) is 11.5 Å². The first-order valence-corrected chi connectivity index (χ1v) is 9.46. The lowest BCUT2D eigenvalue weighted by atomic mass is 9.91. The number of aliphatic carboxylic acids is 1. The smallest absolute Gasteiger partial charge is 0.306 e. The van der Waals surface area contributed by atoms with Gasteiger partial charge in [-0.05, 0) is 61.8 Å². The van der Waals surface area contributed by atoms with Gasteiger partial charge in [0.25, 0.3) is 0 Å². The second-order valence-corrected chi connectivity index (χ2v) is 7.27. The largest absolute Gasteiger partial charge is 0.496 e. The lowest BCUT2D eigenvalue weighted by Gasteiger charge is -2.37. The van der Waals surface area contributed by atoms with Crippen LogP contribution < -0.4 is 9.47 Å². The molecule has 7 heteroatoms. The Morgan fingerprint density at radius 3 is 2.36 bits per heavy atom. The maximum absolute atomic E-state index is 14.4. The number of carboxylic acid groups (broad SMARTS) is 1. The highest BCUT2D eigenvalue weighted by atomic mass is 35.5. The van der Waals surface area contributed by atoms with Gasteiger partial charge in [0, 0.05) is 10.6 Å². The van der Waals surface area contributed by atoms with E-state index in [4.69, 9.17) is 21.1 Å². The minimum Gasteiger partial charge on any atom is -0.496 e. The number of ether oxygens (including phenoxy) is 2. The number of carboxylic acids is 1. The van der Waals surface area contributed by atoms with E-state index in [-0.39, 0.29) is 17.7 Å². The molecule has 1 atom stereocenters. The SMILES string of the molecule is COc1ccc(C(c2cc(Cl)ccc2OC)N2CCC(C(=O)O)CC2)cc1F. The van der Waals surface area contributed by atoms with Gasteiger partial charge in [-0.1, -0.05) is 17.7 Å². The van der Waals surface area contributed by atoms with Gasteiger partial charge >= 0.3 is 5.97 Å². The third kappa shape index (κ3) is 4.23. The van der Waals surface area contributed by atoms with Crippen LogP contribution in [0.1, 0.15) is 30.0 Å². The minimum absolute atomic E-state index is 0.171. The molecule has 1 aliphatic heterocycles. The average molecular weight is 408 g/mol. The van der Waals surface area contributed by atoms with Crippen molar-refractivity contribution >= 4 is 17.6 Å². The van der Waals surface area contributed by atoms with Crippen LogP contribution in [0.5, 0.6) is 11.5 Å². The van der Waals surface area contributed by atoms with Gasteiger partial charge in [0.05, 0.1) is 26.2 Å². The molecule has 1 N–H and O–H groups in total. The molecule has 28 heavy (non-hydrogen) atoms. The first kappa shape index (κ1) is 20.4.